The molecule has 76 valence electrons. The second kappa shape index (κ2) is 3.95. The summed E-state index contributed by atoms with van der Waals surface area (Å²) >= 11 is 0. The number of oxime groups is 1. The number of benzene rings is 1. The van der Waals surface area contributed by atoms with E-state index in [0.29, 0.717) is 5.69 Å². The third kappa shape index (κ3) is 1.76. The molecule has 1 aromatic rings. The largest absolute Gasteiger partial charge is 0.409 e. The molecular formula is C9H12FN3O. The van der Waals surface area contributed by atoms with Crippen LogP contribution in [0.25, 0.3) is 0 Å². The lowest BCUT2D eigenvalue weighted by Crippen LogP contribution is -2.21. The Labute approximate surface area is 81.4 Å². The average molecular weight is 197 g/mol. The molecule has 0 unspecified atom stereocenters. The molecule has 14 heavy (non-hydrogen) atoms. The van der Waals surface area contributed by atoms with Crippen molar-refractivity contribution >= 4 is 11.5 Å². The molecule has 0 radical (unpaired) electrons. The summed E-state index contributed by atoms with van der Waals surface area (Å²) in [4.78, 5) is 1.69. The molecule has 0 amide bonds. The summed E-state index contributed by atoms with van der Waals surface area (Å²) in [6, 6.07) is 4.52. The molecule has 0 saturated heterocycles. The molecule has 0 saturated carbocycles. The number of amidine groups is 1. The van der Waals surface area contributed by atoms with Gasteiger partial charge in [0.25, 0.3) is 0 Å². The SMILES string of the molecule is CN(C)c1cccc(F)c1C(N)=NO. The van der Waals surface area contributed by atoms with Crippen LogP contribution in [0.1, 0.15) is 5.56 Å². The van der Waals surface area contributed by atoms with Gasteiger partial charge in [-0.2, -0.15) is 0 Å². The lowest BCUT2D eigenvalue weighted by molar-refractivity contribution is 0.318. The van der Waals surface area contributed by atoms with Crippen molar-refractivity contribution in [3.8, 4) is 0 Å². The van der Waals surface area contributed by atoms with E-state index < -0.39 is 5.82 Å². The molecule has 4 nitrogen and oxygen atoms in total. The molecule has 0 fully saturated rings. The van der Waals surface area contributed by atoms with Crippen LogP contribution in [-0.2, 0) is 0 Å². The van der Waals surface area contributed by atoms with Crippen molar-refractivity contribution in [2.75, 3.05) is 19.0 Å². The Hall–Kier alpha value is -1.78. The van der Waals surface area contributed by atoms with Gasteiger partial charge in [0, 0.05) is 14.1 Å². The van der Waals surface area contributed by atoms with Gasteiger partial charge in [0.15, 0.2) is 5.84 Å². The minimum absolute atomic E-state index is 0.111. The van der Waals surface area contributed by atoms with Gasteiger partial charge in [0.05, 0.1) is 11.3 Å². The first kappa shape index (κ1) is 10.3. The van der Waals surface area contributed by atoms with E-state index in [1.54, 1.807) is 31.1 Å². The Morgan fingerprint density at radius 1 is 1.50 bits per heavy atom. The summed E-state index contributed by atoms with van der Waals surface area (Å²) in [5.74, 6) is -0.738. The summed E-state index contributed by atoms with van der Waals surface area (Å²) in [7, 11) is 3.51. The smallest absolute Gasteiger partial charge is 0.175 e. The molecule has 0 aliphatic heterocycles. The topological polar surface area (TPSA) is 61.8 Å². The Morgan fingerprint density at radius 3 is 2.64 bits per heavy atom. The van der Waals surface area contributed by atoms with Crippen molar-refractivity contribution in [1.29, 1.82) is 0 Å². The van der Waals surface area contributed by atoms with E-state index in [0.717, 1.165) is 0 Å². The summed E-state index contributed by atoms with van der Waals surface area (Å²) in [5, 5.41) is 11.3. The van der Waals surface area contributed by atoms with Gasteiger partial charge in [0.1, 0.15) is 5.82 Å². The number of nitrogens with two attached hydrogens (primary N) is 1. The quantitative estimate of drug-likeness (QED) is 0.321. The van der Waals surface area contributed by atoms with Gasteiger partial charge in [-0.15, -0.1) is 0 Å². The summed E-state index contributed by atoms with van der Waals surface area (Å²) in [6.07, 6.45) is 0. The van der Waals surface area contributed by atoms with Gasteiger partial charge in [-0.1, -0.05) is 11.2 Å². The molecule has 0 atom stereocenters. The molecule has 1 aromatic carbocycles. The molecule has 0 aliphatic carbocycles. The standard InChI is InChI=1S/C9H12FN3O/c1-13(2)7-5-3-4-6(10)8(7)9(11)12-14/h3-5,14H,1-2H3,(H2,11,12). The highest BCUT2D eigenvalue weighted by atomic mass is 19.1. The molecule has 0 spiro atoms. The zero-order chi connectivity index (χ0) is 10.7. The molecule has 1 rings (SSSR count). The van der Waals surface area contributed by atoms with Gasteiger partial charge in [-0.3, -0.25) is 0 Å². The number of anilines is 1. The molecule has 0 aliphatic rings. The van der Waals surface area contributed by atoms with Crippen LogP contribution in [0.4, 0.5) is 10.1 Å². The Balaban J connectivity index is 3.37. The Bertz CT molecular complexity index is 363. The van der Waals surface area contributed by atoms with Crippen LogP contribution in [0.15, 0.2) is 23.4 Å². The molecule has 5 heteroatoms. The van der Waals surface area contributed by atoms with Crippen LogP contribution in [0.3, 0.4) is 0 Å². The fourth-order valence-corrected chi connectivity index (χ4v) is 1.19. The maximum atomic E-state index is 13.3. The number of rotatable bonds is 2. The zero-order valence-electron chi connectivity index (χ0n) is 8.03. The number of halogens is 1. The maximum absolute atomic E-state index is 13.3. The van der Waals surface area contributed by atoms with Crippen LogP contribution in [0.5, 0.6) is 0 Å². The first-order valence-electron chi connectivity index (χ1n) is 4.01. The van der Waals surface area contributed by atoms with Gasteiger partial charge >= 0.3 is 0 Å². The van der Waals surface area contributed by atoms with E-state index >= 15 is 0 Å². The molecule has 0 heterocycles. The molecule has 3 N–H and O–H groups in total. The fourth-order valence-electron chi connectivity index (χ4n) is 1.19. The van der Waals surface area contributed by atoms with Crippen molar-refractivity contribution in [3.05, 3.63) is 29.6 Å². The van der Waals surface area contributed by atoms with Crippen molar-refractivity contribution in [2.45, 2.75) is 0 Å². The van der Waals surface area contributed by atoms with Crippen molar-refractivity contribution < 1.29 is 9.60 Å². The van der Waals surface area contributed by atoms with Crippen LogP contribution < -0.4 is 10.6 Å². The second-order valence-corrected chi connectivity index (χ2v) is 3.01. The highest BCUT2D eigenvalue weighted by Crippen LogP contribution is 2.20. The number of nitrogens with zero attached hydrogens (tertiary/aromatic N) is 2. The second-order valence-electron chi connectivity index (χ2n) is 3.01. The average Bonchev–Trinajstić information content (AvgIpc) is 2.16. The highest BCUT2D eigenvalue weighted by molar-refractivity contribution is 6.02. The van der Waals surface area contributed by atoms with Crippen LogP contribution in [0, 0.1) is 5.82 Å². The highest BCUT2D eigenvalue weighted by Gasteiger charge is 2.13. The monoisotopic (exact) mass is 197 g/mol. The summed E-state index contributed by atoms with van der Waals surface area (Å²) in [6.45, 7) is 0. The van der Waals surface area contributed by atoms with E-state index in [1.807, 2.05) is 0 Å². The minimum Gasteiger partial charge on any atom is -0.409 e. The molecular weight excluding hydrogens is 185 g/mol. The van der Waals surface area contributed by atoms with Gasteiger partial charge < -0.3 is 15.8 Å². The predicted octanol–water partition coefficient (Wildman–Crippen LogP) is 0.986. The van der Waals surface area contributed by atoms with E-state index in [9.17, 15) is 4.39 Å². The lowest BCUT2D eigenvalue weighted by atomic mass is 10.1. The maximum Gasteiger partial charge on any atom is 0.175 e. The van der Waals surface area contributed by atoms with Crippen molar-refractivity contribution in [1.82, 2.24) is 0 Å². The van der Waals surface area contributed by atoms with E-state index in [4.69, 9.17) is 10.9 Å². The zero-order valence-corrected chi connectivity index (χ0v) is 8.03. The molecule has 0 bridgehead atoms. The van der Waals surface area contributed by atoms with E-state index in [1.165, 1.54) is 6.07 Å². The van der Waals surface area contributed by atoms with Crippen LogP contribution in [0.2, 0.25) is 0 Å². The first-order valence-corrected chi connectivity index (χ1v) is 4.01. The third-order valence-electron chi connectivity index (χ3n) is 1.84. The number of hydrogen-bond acceptors (Lipinski definition) is 3. The Kier molecular flexibility index (Phi) is 2.91. The summed E-state index contributed by atoms with van der Waals surface area (Å²) < 4.78 is 13.3. The van der Waals surface area contributed by atoms with E-state index in [2.05, 4.69) is 5.16 Å². The van der Waals surface area contributed by atoms with Crippen molar-refractivity contribution in [2.24, 2.45) is 10.9 Å². The normalized spacial score (nSPS) is 11.5. The van der Waals surface area contributed by atoms with Crippen molar-refractivity contribution in [3.63, 3.8) is 0 Å². The van der Waals surface area contributed by atoms with Gasteiger partial charge in [0.2, 0.25) is 0 Å². The fraction of sp³-hybridized carbons (Fsp3) is 0.222. The Morgan fingerprint density at radius 2 is 2.14 bits per heavy atom. The lowest BCUT2D eigenvalue weighted by Gasteiger charge is -2.16. The summed E-state index contributed by atoms with van der Waals surface area (Å²) in [5.41, 5.74) is 6.05. The first-order chi connectivity index (χ1) is 6.57. The van der Waals surface area contributed by atoms with Crippen LogP contribution in [-0.4, -0.2) is 25.1 Å². The van der Waals surface area contributed by atoms with Crippen LogP contribution >= 0.6 is 0 Å². The number of hydrogen-bond donors (Lipinski definition) is 2. The predicted molar refractivity (Wildman–Crippen MR) is 53.2 cm³/mol. The molecule has 0 aromatic heterocycles. The minimum atomic E-state index is -0.508. The third-order valence-corrected chi connectivity index (χ3v) is 1.84. The van der Waals surface area contributed by atoms with E-state index in [-0.39, 0.29) is 11.4 Å². The van der Waals surface area contributed by atoms with Gasteiger partial charge in [-0.05, 0) is 12.1 Å². The van der Waals surface area contributed by atoms with Gasteiger partial charge in [-0.25, -0.2) is 4.39 Å².